The number of carbonyl (C=O) groups is 4. The van der Waals surface area contributed by atoms with Crippen molar-refractivity contribution in [3.63, 3.8) is 0 Å². The average molecular weight is 240 g/mol. The number of hydrogen-bond donors (Lipinski definition) is 2. The van der Waals surface area contributed by atoms with Gasteiger partial charge >= 0.3 is 11.9 Å². The van der Waals surface area contributed by atoms with Crippen LogP contribution in [0.4, 0.5) is 0 Å². The van der Waals surface area contributed by atoms with Gasteiger partial charge in [-0.15, -0.1) is 0 Å². The molecule has 7 heteroatoms. The molecule has 92 valence electrons. The van der Waals surface area contributed by atoms with Crippen molar-refractivity contribution in [2.45, 2.75) is 37.8 Å². The molecule has 0 bridgehead atoms. The Morgan fingerprint density at radius 2 is 1.35 bits per heavy atom. The van der Waals surface area contributed by atoms with E-state index < -0.39 is 24.0 Å². The third-order valence-corrected chi connectivity index (χ3v) is 2.76. The highest BCUT2D eigenvalue weighted by molar-refractivity contribution is 5.96. The maximum absolute atomic E-state index is 11.5. The maximum atomic E-state index is 11.5. The number of nitrogens with one attached hydrogen (secondary N) is 2. The van der Waals surface area contributed by atoms with Crippen molar-refractivity contribution < 1.29 is 23.9 Å². The summed E-state index contributed by atoms with van der Waals surface area (Å²) in [5.74, 6) is -1.98. The molecule has 0 aromatic heterocycles. The Hall–Kier alpha value is -1.92. The van der Waals surface area contributed by atoms with Crippen molar-refractivity contribution in [2.75, 3.05) is 0 Å². The van der Waals surface area contributed by atoms with E-state index in [0.29, 0.717) is 12.8 Å². The van der Waals surface area contributed by atoms with E-state index in [4.69, 9.17) is 0 Å². The van der Waals surface area contributed by atoms with Gasteiger partial charge in [-0.25, -0.2) is 9.59 Å². The molecular formula is C10H12N2O5. The fourth-order valence-electron chi connectivity index (χ4n) is 1.82. The number of hydrogen-bond acceptors (Lipinski definition) is 5. The molecule has 2 aliphatic rings. The average Bonchev–Trinajstić information content (AvgIpc) is 2.87. The zero-order chi connectivity index (χ0) is 12.4. The molecule has 7 nitrogen and oxygen atoms in total. The van der Waals surface area contributed by atoms with Crippen LogP contribution >= 0.6 is 0 Å². The molecule has 2 amide bonds. The molecule has 2 atom stereocenters. The molecule has 0 aromatic rings. The van der Waals surface area contributed by atoms with Gasteiger partial charge in [-0.3, -0.25) is 9.59 Å². The number of amides is 2. The van der Waals surface area contributed by atoms with Gasteiger partial charge in [-0.1, -0.05) is 0 Å². The third kappa shape index (κ3) is 2.61. The van der Waals surface area contributed by atoms with Crippen LogP contribution < -0.4 is 10.6 Å². The molecule has 0 radical (unpaired) electrons. The molecule has 2 N–H and O–H groups in total. The highest BCUT2D eigenvalue weighted by Gasteiger charge is 2.34. The van der Waals surface area contributed by atoms with Crippen molar-refractivity contribution in [2.24, 2.45) is 0 Å². The summed E-state index contributed by atoms with van der Waals surface area (Å²) in [6.45, 7) is 0. The maximum Gasteiger partial charge on any atom is 0.336 e. The minimum atomic E-state index is -0.762. The van der Waals surface area contributed by atoms with E-state index in [1.165, 1.54) is 0 Å². The second-order valence-corrected chi connectivity index (χ2v) is 4.06. The molecule has 1 unspecified atom stereocenters. The number of rotatable bonds is 2. The van der Waals surface area contributed by atoms with Gasteiger partial charge in [-0.2, -0.15) is 0 Å². The van der Waals surface area contributed by atoms with E-state index in [1.54, 1.807) is 0 Å². The van der Waals surface area contributed by atoms with Crippen molar-refractivity contribution >= 4 is 23.8 Å². The van der Waals surface area contributed by atoms with Crippen LogP contribution in [-0.4, -0.2) is 35.8 Å². The summed E-state index contributed by atoms with van der Waals surface area (Å²) in [7, 11) is 0. The molecule has 0 saturated carbocycles. The van der Waals surface area contributed by atoms with Gasteiger partial charge in [0.25, 0.3) is 0 Å². The zero-order valence-corrected chi connectivity index (χ0v) is 9.02. The quantitative estimate of drug-likeness (QED) is 0.457. The molecule has 2 rings (SSSR count). The SMILES string of the molecule is O=C1CCC(C(=O)OC(=O)[C@@H]2CCC(=O)N2)N1. The predicted molar refractivity (Wildman–Crippen MR) is 53.4 cm³/mol. The predicted octanol–water partition coefficient (Wildman–Crippen LogP) is -1.39. The minimum absolute atomic E-state index is 0.228. The van der Waals surface area contributed by atoms with Gasteiger partial charge in [0, 0.05) is 12.8 Å². The van der Waals surface area contributed by atoms with Crippen molar-refractivity contribution in [3.05, 3.63) is 0 Å². The van der Waals surface area contributed by atoms with E-state index in [9.17, 15) is 19.2 Å². The van der Waals surface area contributed by atoms with Gasteiger partial charge in [0.2, 0.25) is 11.8 Å². The third-order valence-electron chi connectivity index (χ3n) is 2.76. The molecule has 2 aliphatic heterocycles. The summed E-state index contributed by atoms with van der Waals surface area (Å²) in [5.41, 5.74) is 0. The Labute approximate surface area is 96.9 Å². The standard InChI is InChI=1S/C10H12N2O5/c13-7-3-1-5(11-7)9(15)17-10(16)6-2-4-8(14)12-6/h5-6H,1-4H2,(H,11,13)(H,12,14)/t5-,6?/m0/s1. The monoisotopic (exact) mass is 240 g/mol. The smallest absolute Gasteiger partial charge is 0.336 e. The molecule has 0 aromatic carbocycles. The van der Waals surface area contributed by atoms with E-state index in [0.717, 1.165) is 0 Å². The first kappa shape index (κ1) is 11.6. The van der Waals surface area contributed by atoms with E-state index >= 15 is 0 Å². The first-order valence-electron chi connectivity index (χ1n) is 5.40. The van der Waals surface area contributed by atoms with Gasteiger partial charge in [0.05, 0.1) is 0 Å². The second-order valence-electron chi connectivity index (χ2n) is 4.06. The Balaban J connectivity index is 1.84. The Morgan fingerprint density at radius 1 is 0.941 bits per heavy atom. The molecule has 17 heavy (non-hydrogen) atoms. The number of carbonyl (C=O) groups excluding carboxylic acids is 4. The van der Waals surface area contributed by atoms with Crippen LogP contribution in [0.2, 0.25) is 0 Å². The Kier molecular flexibility index (Phi) is 3.08. The summed E-state index contributed by atoms with van der Waals surface area (Å²) >= 11 is 0. The van der Waals surface area contributed by atoms with Crippen LogP contribution in [0.15, 0.2) is 0 Å². The molecule has 0 aliphatic carbocycles. The first-order valence-corrected chi connectivity index (χ1v) is 5.40. The first-order chi connectivity index (χ1) is 8.06. The summed E-state index contributed by atoms with van der Waals surface area (Å²) < 4.78 is 4.61. The number of ether oxygens (including phenoxy) is 1. The summed E-state index contributed by atoms with van der Waals surface area (Å²) in [5, 5.41) is 4.81. The highest BCUT2D eigenvalue weighted by Crippen LogP contribution is 2.11. The lowest BCUT2D eigenvalue weighted by Crippen LogP contribution is -2.40. The molecule has 2 heterocycles. The van der Waals surface area contributed by atoms with E-state index in [1.807, 2.05) is 0 Å². The van der Waals surface area contributed by atoms with Crippen LogP contribution in [0.1, 0.15) is 25.7 Å². The van der Waals surface area contributed by atoms with Crippen LogP contribution in [0.25, 0.3) is 0 Å². The fourth-order valence-corrected chi connectivity index (χ4v) is 1.82. The van der Waals surface area contributed by atoms with Crippen LogP contribution in [0, 0.1) is 0 Å². The topological polar surface area (TPSA) is 102 Å². The number of esters is 2. The molecule has 2 fully saturated rings. The molecule has 2 saturated heterocycles. The van der Waals surface area contributed by atoms with Crippen LogP contribution in [0.3, 0.4) is 0 Å². The molecule has 0 spiro atoms. The summed E-state index contributed by atoms with van der Waals surface area (Å²) in [4.78, 5) is 44.7. The molecular weight excluding hydrogens is 228 g/mol. The lowest BCUT2D eigenvalue weighted by Gasteiger charge is -2.11. The van der Waals surface area contributed by atoms with Gasteiger partial charge < -0.3 is 15.4 Å². The second kappa shape index (κ2) is 4.52. The highest BCUT2D eigenvalue weighted by atomic mass is 16.6. The Bertz CT molecular complexity index is 356. The Morgan fingerprint density at radius 3 is 1.65 bits per heavy atom. The van der Waals surface area contributed by atoms with Crippen molar-refractivity contribution in [1.29, 1.82) is 0 Å². The summed E-state index contributed by atoms with van der Waals surface area (Å²) in [6, 6.07) is -1.49. The lowest BCUT2D eigenvalue weighted by molar-refractivity contribution is -0.162. The van der Waals surface area contributed by atoms with E-state index in [2.05, 4.69) is 15.4 Å². The summed E-state index contributed by atoms with van der Waals surface area (Å²) in [6.07, 6.45) is 1.19. The minimum Gasteiger partial charge on any atom is -0.390 e. The van der Waals surface area contributed by atoms with E-state index in [-0.39, 0.29) is 24.7 Å². The largest absolute Gasteiger partial charge is 0.390 e. The van der Waals surface area contributed by atoms with Gasteiger partial charge in [0.15, 0.2) is 0 Å². The van der Waals surface area contributed by atoms with Gasteiger partial charge in [0.1, 0.15) is 12.1 Å². The van der Waals surface area contributed by atoms with Crippen molar-refractivity contribution in [3.8, 4) is 0 Å². The van der Waals surface area contributed by atoms with Gasteiger partial charge in [-0.05, 0) is 12.8 Å². The van der Waals surface area contributed by atoms with Crippen LogP contribution in [-0.2, 0) is 23.9 Å². The fraction of sp³-hybridized carbons (Fsp3) is 0.600. The lowest BCUT2D eigenvalue weighted by atomic mass is 10.2. The van der Waals surface area contributed by atoms with Crippen LogP contribution in [0.5, 0.6) is 0 Å². The normalized spacial score (nSPS) is 27.5. The zero-order valence-electron chi connectivity index (χ0n) is 9.02. The van der Waals surface area contributed by atoms with Crippen molar-refractivity contribution in [1.82, 2.24) is 10.6 Å².